The van der Waals surface area contributed by atoms with Crippen LogP contribution in [0.3, 0.4) is 0 Å². The Kier molecular flexibility index (Phi) is 5.08. The summed E-state index contributed by atoms with van der Waals surface area (Å²) < 4.78 is 14.1. The third kappa shape index (κ3) is 3.69. The van der Waals surface area contributed by atoms with E-state index in [1.54, 1.807) is 30.3 Å². The van der Waals surface area contributed by atoms with Crippen LogP contribution in [0.25, 0.3) is 0 Å². The minimum absolute atomic E-state index is 0.0499. The molecule has 1 heterocycles. The molecule has 0 unspecified atom stereocenters. The highest BCUT2D eigenvalue weighted by atomic mass is 32.2. The fourth-order valence-corrected chi connectivity index (χ4v) is 3.77. The maximum Gasteiger partial charge on any atom is 0.238 e. The van der Waals surface area contributed by atoms with Gasteiger partial charge in [-0.1, -0.05) is 38.1 Å². The van der Waals surface area contributed by atoms with E-state index in [4.69, 9.17) is 0 Å². The number of carbonyl (C=O) groups is 2. The van der Waals surface area contributed by atoms with E-state index in [1.807, 2.05) is 26.0 Å². The Bertz CT molecular complexity index is 792. The molecule has 2 aromatic carbocycles. The van der Waals surface area contributed by atoms with Gasteiger partial charge in [0.1, 0.15) is 11.2 Å². The van der Waals surface area contributed by atoms with Crippen molar-refractivity contribution in [2.45, 2.75) is 19.2 Å². The molecule has 1 fully saturated rings. The van der Waals surface area contributed by atoms with Crippen molar-refractivity contribution in [3.63, 3.8) is 0 Å². The first-order chi connectivity index (χ1) is 12.0. The fraction of sp³-hybridized carbons (Fsp3) is 0.263. The number of hydrogen-bond donors (Lipinski definition) is 1. The standard InChI is InChI=1S/C19H19FN2O2S/c1-12(2)18(24)21-14-9-7-13(8-10-14)19-22(17(23)11-25-19)16-6-4-3-5-15(16)20/h3-10,12,19H,11H2,1-2H3,(H,21,24)/t19-/m1/s1. The Labute approximate surface area is 150 Å². The average molecular weight is 358 g/mol. The molecule has 0 saturated carbocycles. The van der Waals surface area contributed by atoms with Gasteiger partial charge in [0.05, 0.1) is 11.4 Å². The van der Waals surface area contributed by atoms with Crippen LogP contribution in [0.1, 0.15) is 24.8 Å². The van der Waals surface area contributed by atoms with Gasteiger partial charge in [-0.2, -0.15) is 0 Å². The molecule has 6 heteroatoms. The zero-order valence-electron chi connectivity index (χ0n) is 14.0. The molecule has 1 atom stereocenters. The maximum absolute atomic E-state index is 14.1. The number of carbonyl (C=O) groups excluding carboxylic acids is 2. The number of thioether (sulfide) groups is 1. The van der Waals surface area contributed by atoms with Crippen LogP contribution < -0.4 is 10.2 Å². The minimum atomic E-state index is -0.413. The average Bonchev–Trinajstić information content (AvgIpc) is 2.97. The normalized spacial score (nSPS) is 17.2. The number of para-hydroxylation sites is 1. The van der Waals surface area contributed by atoms with E-state index in [0.29, 0.717) is 17.1 Å². The molecule has 2 aromatic rings. The van der Waals surface area contributed by atoms with E-state index < -0.39 is 5.82 Å². The van der Waals surface area contributed by atoms with Crippen molar-refractivity contribution >= 4 is 35.0 Å². The van der Waals surface area contributed by atoms with Crippen LogP contribution in [0, 0.1) is 11.7 Å². The number of halogens is 1. The topological polar surface area (TPSA) is 49.4 Å². The molecule has 2 amide bonds. The van der Waals surface area contributed by atoms with Crippen molar-refractivity contribution in [2.75, 3.05) is 16.0 Å². The van der Waals surface area contributed by atoms with Crippen LogP contribution >= 0.6 is 11.8 Å². The van der Waals surface area contributed by atoms with E-state index >= 15 is 0 Å². The van der Waals surface area contributed by atoms with Crippen LogP contribution in [0.4, 0.5) is 15.8 Å². The lowest BCUT2D eigenvalue weighted by molar-refractivity contribution is -0.119. The van der Waals surface area contributed by atoms with Gasteiger partial charge in [0.15, 0.2) is 0 Å². The number of hydrogen-bond acceptors (Lipinski definition) is 3. The van der Waals surface area contributed by atoms with Gasteiger partial charge in [-0.3, -0.25) is 14.5 Å². The third-order valence-corrected chi connectivity index (χ3v) is 5.18. The molecule has 0 radical (unpaired) electrons. The van der Waals surface area contributed by atoms with Gasteiger partial charge in [-0.05, 0) is 29.8 Å². The molecule has 1 aliphatic rings. The summed E-state index contributed by atoms with van der Waals surface area (Å²) in [5.41, 5.74) is 1.88. The molecule has 4 nitrogen and oxygen atoms in total. The maximum atomic E-state index is 14.1. The molecular weight excluding hydrogens is 339 g/mol. The van der Waals surface area contributed by atoms with Gasteiger partial charge in [-0.25, -0.2) is 4.39 Å². The lowest BCUT2D eigenvalue weighted by atomic mass is 10.1. The number of nitrogens with zero attached hydrogens (tertiary/aromatic N) is 1. The predicted molar refractivity (Wildman–Crippen MR) is 99.0 cm³/mol. The second-order valence-corrected chi connectivity index (χ2v) is 7.21. The summed E-state index contributed by atoms with van der Waals surface area (Å²) in [6.07, 6.45) is 0. The summed E-state index contributed by atoms with van der Waals surface area (Å²) in [6, 6.07) is 13.6. The van der Waals surface area contributed by atoms with Crippen LogP contribution in [-0.4, -0.2) is 17.6 Å². The Morgan fingerprint density at radius 3 is 2.52 bits per heavy atom. The van der Waals surface area contributed by atoms with Crippen molar-refractivity contribution in [1.82, 2.24) is 0 Å². The highest BCUT2D eigenvalue weighted by Crippen LogP contribution is 2.42. The van der Waals surface area contributed by atoms with Crippen LogP contribution in [-0.2, 0) is 9.59 Å². The quantitative estimate of drug-likeness (QED) is 0.891. The lowest BCUT2D eigenvalue weighted by Gasteiger charge is -2.25. The van der Waals surface area contributed by atoms with E-state index in [-0.39, 0.29) is 23.1 Å². The van der Waals surface area contributed by atoms with Gasteiger partial charge >= 0.3 is 0 Å². The molecule has 1 N–H and O–H groups in total. The Morgan fingerprint density at radius 1 is 1.20 bits per heavy atom. The highest BCUT2D eigenvalue weighted by molar-refractivity contribution is 8.00. The Balaban J connectivity index is 1.84. The van der Waals surface area contributed by atoms with Gasteiger partial charge in [-0.15, -0.1) is 11.8 Å². The summed E-state index contributed by atoms with van der Waals surface area (Å²) in [5.74, 6) is -0.364. The van der Waals surface area contributed by atoms with Crippen molar-refractivity contribution in [2.24, 2.45) is 5.92 Å². The van der Waals surface area contributed by atoms with Crippen LogP contribution in [0.5, 0.6) is 0 Å². The Morgan fingerprint density at radius 2 is 1.88 bits per heavy atom. The highest BCUT2D eigenvalue weighted by Gasteiger charge is 2.35. The zero-order chi connectivity index (χ0) is 18.0. The minimum Gasteiger partial charge on any atom is -0.326 e. The number of rotatable bonds is 4. The predicted octanol–water partition coefficient (Wildman–Crippen LogP) is 4.20. The van der Waals surface area contributed by atoms with Crippen molar-refractivity contribution < 1.29 is 14.0 Å². The zero-order valence-corrected chi connectivity index (χ0v) is 14.8. The first-order valence-electron chi connectivity index (χ1n) is 8.06. The molecule has 0 aromatic heterocycles. The van der Waals surface area contributed by atoms with E-state index in [9.17, 15) is 14.0 Å². The molecule has 0 spiro atoms. The second kappa shape index (κ2) is 7.27. The van der Waals surface area contributed by atoms with Crippen molar-refractivity contribution in [3.8, 4) is 0 Å². The van der Waals surface area contributed by atoms with Gasteiger partial charge in [0, 0.05) is 11.6 Å². The van der Waals surface area contributed by atoms with Gasteiger partial charge < -0.3 is 5.32 Å². The summed E-state index contributed by atoms with van der Waals surface area (Å²) in [4.78, 5) is 25.5. The second-order valence-electron chi connectivity index (χ2n) is 6.14. The summed E-state index contributed by atoms with van der Waals surface area (Å²) >= 11 is 1.46. The third-order valence-electron chi connectivity index (χ3n) is 3.97. The monoisotopic (exact) mass is 358 g/mol. The van der Waals surface area contributed by atoms with E-state index in [2.05, 4.69) is 5.32 Å². The molecule has 130 valence electrons. The lowest BCUT2D eigenvalue weighted by Crippen LogP contribution is -2.28. The molecule has 1 saturated heterocycles. The van der Waals surface area contributed by atoms with E-state index in [1.165, 1.54) is 22.7 Å². The summed E-state index contributed by atoms with van der Waals surface area (Å²) in [7, 11) is 0. The first-order valence-corrected chi connectivity index (χ1v) is 9.11. The van der Waals surface area contributed by atoms with E-state index in [0.717, 1.165) is 5.56 Å². The molecule has 0 aliphatic carbocycles. The Hall–Kier alpha value is -2.34. The number of amides is 2. The number of benzene rings is 2. The number of nitrogens with one attached hydrogen (secondary N) is 1. The molecule has 3 rings (SSSR count). The molecule has 0 bridgehead atoms. The van der Waals surface area contributed by atoms with Crippen LogP contribution in [0.15, 0.2) is 48.5 Å². The fourth-order valence-electron chi connectivity index (χ4n) is 2.60. The van der Waals surface area contributed by atoms with Gasteiger partial charge in [0.2, 0.25) is 11.8 Å². The van der Waals surface area contributed by atoms with Crippen molar-refractivity contribution in [1.29, 1.82) is 0 Å². The summed E-state index contributed by atoms with van der Waals surface area (Å²) in [6.45, 7) is 3.66. The van der Waals surface area contributed by atoms with Gasteiger partial charge in [0.25, 0.3) is 0 Å². The molecule has 25 heavy (non-hydrogen) atoms. The SMILES string of the molecule is CC(C)C(=O)Nc1ccc([C@H]2SCC(=O)N2c2ccccc2F)cc1. The first kappa shape index (κ1) is 17.5. The number of anilines is 2. The van der Waals surface area contributed by atoms with Crippen LogP contribution in [0.2, 0.25) is 0 Å². The smallest absolute Gasteiger partial charge is 0.238 e. The molecule has 1 aliphatic heterocycles. The largest absolute Gasteiger partial charge is 0.326 e. The van der Waals surface area contributed by atoms with Crippen molar-refractivity contribution in [3.05, 3.63) is 59.9 Å². The summed E-state index contributed by atoms with van der Waals surface area (Å²) in [5, 5.41) is 2.56. The molecular formula is C19H19FN2O2S.